The van der Waals surface area contributed by atoms with Crippen molar-refractivity contribution in [2.75, 3.05) is 0 Å². The first-order valence-corrected chi connectivity index (χ1v) is 8.85. The van der Waals surface area contributed by atoms with Gasteiger partial charge in [0.2, 0.25) is 0 Å². The molecular formula is C23H22N2O. The fourth-order valence-corrected chi connectivity index (χ4v) is 3.66. The Balaban J connectivity index is 2.00. The Labute approximate surface area is 154 Å². The fraction of sp³-hybridized carbons (Fsp3) is 0.174. The molecule has 0 atom stereocenters. The van der Waals surface area contributed by atoms with Crippen LogP contribution in [0.1, 0.15) is 25.1 Å². The number of aromatic nitrogens is 1. The van der Waals surface area contributed by atoms with Gasteiger partial charge in [-0.05, 0) is 29.0 Å². The Hall–Kier alpha value is -2.91. The Morgan fingerprint density at radius 3 is 2.15 bits per heavy atom. The monoisotopic (exact) mass is 342 g/mol. The van der Waals surface area contributed by atoms with Gasteiger partial charge in [-0.3, -0.25) is 15.7 Å². The maximum absolute atomic E-state index is 9.78. The van der Waals surface area contributed by atoms with Gasteiger partial charge >= 0.3 is 0 Å². The predicted molar refractivity (Wildman–Crippen MR) is 105 cm³/mol. The standard InChI is InChI=1S/C23H22N2O/c1-23(2)14-20-22(21(15-23)25-26)18(16-9-5-3-6-10-16)13-19(24-20)17-11-7-4-8-12-17/h3-13,15,25-26H,14H2,1-2H3. The summed E-state index contributed by atoms with van der Waals surface area (Å²) in [5.41, 5.74) is 9.30. The Morgan fingerprint density at radius 2 is 1.54 bits per heavy atom. The first kappa shape index (κ1) is 16.6. The van der Waals surface area contributed by atoms with Crippen molar-refractivity contribution in [3.8, 4) is 22.4 Å². The molecule has 0 spiro atoms. The predicted octanol–water partition coefficient (Wildman–Crippen LogP) is 5.32. The molecule has 1 aromatic heterocycles. The van der Waals surface area contributed by atoms with Crippen LogP contribution in [0.5, 0.6) is 0 Å². The Bertz CT molecular complexity index is 960. The number of nitrogens with zero attached hydrogens (tertiary/aromatic N) is 1. The molecule has 0 amide bonds. The van der Waals surface area contributed by atoms with Crippen LogP contribution < -0.4 is 5.48 Å². The maximum atomic E-state index is 9.78. The Morgan fingerprint density at radius 1 is 0.923 bits per heavy atom. The summed E-state index contributed by atoms with van der Waals surface area (Å²) in [5.74, 6) is 0. The molecule has 0 aliphatic heterocycles. The molecule has 3 nitrogen and oxygen atoms in total. The third kappa shape index (κ3) is 3.02. The van der Waals surface area contributed by atoms with E-state index in [1.807, 2.05) is 36.4 Å². The summed E-state index contributed by atoms with van der Waals surface area (Å²) >= 11 is 0. The number of rotatable bonds is 3. The summed E-state index contributed by atoms with van der Waals surface area (Å²) < 4.78 is 0. The summed E-state index contributed by atoms with van der Waals surface area (Å²) in [5, 5.41) is 9.78. The van der Waals surface area contributed by atoms with Crippen molar-refractivity contribution >= 4 is 5.70 Å². The number of nitrogens with one attached hydrogen (secondary N) is 1. The van der Waals surface area contributed by atoms with Crippen LogP contribution in [0.2, 0.25) is 0 Å². The summed E-state index contributed by atoms with van der Waals surface area (Å²) in [6, 6.07) is 22.6. The number of benzene rings is 2. The molecule has 0 saturated carbocycles. The van der Waals surface area contributed by atoms with Crippen LogP contribution in [0, 0.1) is 5.41 Å². The minimum absolute atomic E-state index is 0.0751. The van der Waals surface area contributed by atoms with Gasteiger partial charge in [0.15, 0.2) is 0 Å². The van der Waals surface area contributed by atoms with E-state index in [1.165, 1.54) is 0 Å². The van der Waals surface area contributed by atoms with Crippen molar-refractivity contribution in [2.45, 2.75) is 20.3 Å². The van der Waals surface area contributed by atoms with Crippen molar-refractivity contribution < 1.29 is 5.21 Å². The molecule has 4 rings (SSSR count). The van der Waals surface area contributed by atoms with Crippen LogP contribution in [0.25, 0.3) is 28.1 Å². The van der Waals surface area contributed by atoms with E-state index in [4.69, 9.17) is 4.98 Å². The zero-order valence-electron chi connectivity index (χ0n) is 15.0. The van der Waals surface area contributed by atoms with Gasteiger partial charge in [0.1, 0.15) is 0 Å². The molecule has 0 unspecified atom stereocenters. The average molecular weight is 342 g/mol. The molecule has 0 saturated heterocycles. The van der Waals surface area contributed by atoms with Gasteiger partial charge < -0.3 is 0 Å². The second-order valence-corrected chi connectivity index (χ2v) is 7.44. The molecule has 26 heavy (non-hydrogen) atoms. The normalized spacial score (nSPS) is 15.1. The molecule has 0 radical (unpaired) electrons. The second-order valence-electron chi connectivity index (χ2n) is 7.44. The van der Waals surface area contributed by atoms with E-state index in [0.717, 1.165) is 45.8 Å². The number of pyridine rings is 1. The zero-order valence-corrected chi connectivity index (χ0v) is 15.0. The van der Waals surface area contributed by atoms with Gasteiger partial charge in [-0.2, -0.15) is 0 Å². The Kier molecular flexibility index (Phi) is 4.09. The molecule has 0 fully saturated rings. The fourth-order valence-electron chi connectivity index (χ4n) is 3.66. The third-order valence-corrected chi connectivity index (χ3v) is 4.80. The van der Waals surface area contributed by atoms with Gasteiger partial charge in [-0.25, -0.2) is 0 Å². The molecule has 0 bridgehead atoms. The molecule has 3 aromatic rings. The number of fused-ring (bicyclic) bond motifs is 1. The van der Waals surface area contributed by atoms with Crippen LogP contribution in [0.4, 0.5) is 0 Å². The molecule has 2 N–H and O–H groups in total. The molecule has 1 aliphatic carbocycles. The first-order valence-electron chi connectivity index (χ1n) is 8.85. The van der Waals surface area contributed by atoms with Crippen LogP contribution in [0.15, 0.2) is 72.8 Å². The lowest BCUT2D eigenvalue weighted by Gasteiger charge is -2.30. The summed E-state index contributed by atoms with van der Waals surface area (Å²) in [6.45, 7) is 4.32. The van der Waals surface area contributed by atoms with Crippen molar-refractivity contribution in [1.82, 2.24) is 10.5 Å². The molecular weight excluding hydrogens is 320 g/mol. The minimum atomic E-state index is -0.0751. The van der Waals surface area contributed by atoms with Crippen molar-refractivity contribution in [2.24, 2.45) is 5.41 Å². The van der Waals surface area contributed by atoms with Crippen LogP contribution in [-0.2, 0) is 6.42 Å². The number of hydrogen-bond acceptors (Lipinski definition) is 3. The lowest BCUT2D eigenvalue weighted by atomic mass is 9.78. The maximum Gasteiger partial charge on any atom is 0.0711 e. The SMILES string of the molecule is CC1(C)C=C(NO)c2c(-c3ccccc3)cc(-c3ccccc3)nc2C1. The highest BCUT2D eigenvalue weighted by molar-refractivity contribution is 5.85. The molecule has 1 aliphatic rings. The van der Waals surface area contributed by atoms with Crippen LogP contribution in [-0.4, -0.2) is 10.2 Å². The van der Waals surface area contributed by atoms with Crippen molar-refractivity contribution in [1.29, 1.82) is 0 Å². The van der Waals surface area contributed by atoms with E-state index >= 15 is 0 Å². The number of hydrogen-bond donors (Lipinski definition) is 2. The largest absolute Gasteiger partial charge is 0.291 e. The molecule has 1 heterocycles. The first-order chi connectivity index (χ1) is 12.6. The van der Waals surface area contributed by atoms with Gasteiger partial charge in [0.05, 0.1) is 17.1 Å². The highest BCUT2D eigenvalue weighted by Crippen LogP contribution is 2.41. The van der Waals surface area contributed by atoms with E-state index in [-0.39, 0.29) is 5.41 Å². The molecule has 130 valence electrons. The highest BCUT2D eigenvalue weighted by atomic mass is 16.5. The lowest BCUT2D eigenvalue weighted by Crippen LogP contribution is -2.24. The summed E-state index contributed by atoms with van der Waals surface area (Å²) in [7, 11) is 0. The van der Waals surface area contributed by atoms with Gasteiger partial charge in [-0.15, -0.1) is 0 Å². The van der Waals surface area contributed by atoms with Gasteiger partial charge in [-0.1, -0.05) is 80.6 Å². The third-order valence-electron chi connectivity index (χ3n) is 4.80. The van der Waals surface area contributed by atoms with E-state index in [9.17, 15) is 5.21 Å². The topological polar surface area (TPSA) is 45.1 Å². The number of hydroxylamine groups is 1. The summed E-state index contributed by atoms with van der Waals surface area (Å²) in [4.78, 5) is 4.97. The van der Waals surface area contributed by atoms with Gasteiger partial charge in [0, 0.05) is 11.1 Å². The highest BCUT2D eigenvalue weighted by Gasteiger charge is 2.29. The van der Waals surface area contributed by atoms with E-state index < -0.39 is 0 Å². The zero-order chi connectivity index (χ0) is 18.1. The minimum Gasteiger partial charge on any atom is -0.291 e. The smallest absolute Gasteiger partial charge is 0.0711 e. The quantitative estimate of drug-likeness (QED) is 0.633. The lowest BCUT2D eigenvalue weighted by molar-refractivity contribution is 0.222. The van der Waals surface area contributed by atoms with E-state index in [0.29, 0.717) is 0 Å². The van der Waals surface area contributed by atoms with E-state index in [1.54, 1.807) is 0 Å². The van der Waals surface area contributed by atoms with Crippen LogP contribution in [0.3, 0.4) is 0 Å². The van der Waals surface area contributed by atoms with Gasteiger partial charge in [0.25, 0.3) is 0 Å². The second kappa shape index (κ2) is 6.43. The van der Waals surface area contributed by atoms with E-state index in [2.05, 4.69) is 55.7 Å². The van der Waals surface area contributed by atoms with Crippen molar-refractivity contribution in [3.05, 3.63) is 84.1 Å². The summed E-state index contributed by atoms with van der Waals surface area (Å²) in [6.07, 6.45) is 2.92. The molecule has 2 aromatic carbocycles. The van der Waals surface area contributed by atoms with Crippen molar-refractivity contribution in [3.63, 3.8) is 0 Å². The number of allylic oxidation sites excluding steroid dienone is 1. The van der Waals surface area contributed by atoms with Crippen LogP contribution >= 0.6 is 0 Å². The average Bonchev–Trinajstić information content (AvgIpc) is 2.67. The molecule has 3 heteroatoms.